The maximum absolute atomic E-state index is 11.8. The number of methoxy groups -OCH3 is 1. The van der Waals surface area contributed by atoms with E-state index in [0.717, 1.165) is 0 Å². The zero-order valence-corrected chi connectivity index (χ0v) is 14.3. The normalized spacial score (nSPS) is 10.2. The van der Waals surface area contributed by atoms with Crippen LogP contribution in [0.15, 0.2) is 53.6 Å². The second-order valence-corrected chi connectivity index (χ2v) is 5.18. The number of carbonyl (C=O) groups excluding carboxylic acids is 3. The Labute approximate surface area is 150 Å². The van der Waals surface area contributed by atoms with Crippen LogP contribution in [0.25, 0.3) is 0 Å². The number of benzene rings is 2. The Hall–Kier alpha value is -3.68. The number of hydrogen-bond donors (Lipinski definition) is 3. The van der Waals surface area contributed by atoms with Gasteiger partial charge in [0.25, 0.3) is 0 Å². The van der Waals surface area contributed by atoms with Crippen LogP contribution in [0.1, 0.15) is 12.5 Å². The molecule has 0 bridgehead atoms. The average Bonchev–Trinajstić information content (AvgIpc) is 2.63. The van der Waals surface area contributed by atoms with Crippen molar-refractivity contribution in [2.45, 2.75) is 6.92 Å². The lowest BCUT2D eigenvalue weighted by Crippen LogP contribution is -2.32. The van der Waals surface area contributed by atoms with E-state index in [4.69, 9.17) is 4.74 Å². The topological polar surface area (TPSA) is 109 Å². The van der Waals surface area contributed by atoms with Gasteiger partial charge < -0.3 is 15.4 Å². The van der Waals surface area contributed by atoms with Crippen molar-refractivity contribution in [2.75, 3.05) is 17.7 Å². The molecule has 0 saturated heterocycles. The van der Waals surface area contributed by atoms with Gasteiger partial charge in [-0.05, 0) is 42.0 Å². The molecule has 0 atom stereocenters. The highest BCUT2D eigenvalue weighted by atomic mass is 16.5. The molecule has 8 nitrogen and oxygen atoms in total. The highest BCUT2D eigenvalue weighted by Gasteiger charge is 2.12. The number of amides is 3. The summed E-state index contributed by atoms with van der Waals surface area (Å²) in [6, 6.07) is 13.4. The largest absolute Gasteiger partial charge is 0.497 e. The van der Waals surface area contributed by atoms with Crippen LogP contribution in [0.4, 0.5) is 11.4 Å². The Bertz CT molecular complexity index is 814. The van der Waals surface area contributed by atoms with E-state index in [-0.39, 0.29) is 5.91 Å². The van der Waals surface area contributed by atoms with E-state index in [1.165, 1.54) is 20.2 Å². The number of anilines is 2. The lowest BCUT2D eigenvalue weighted by Gasteiger charge is -2.05. The van der Waals surface area contributed by atoms with Crippen molar-refractivity contribution < 1.29 is 19.1 Å². The Morgan fingerprint density at radius 1 is 0.885 bits per heavy atom. The zero-order chi connectivity index (χ0) is 18.9. The maximum atomic E-state index is 11.8. The van der Waals surface area contributed by atoms with Gasteiger partial charge in [0.2, 0.25) is 5.91 Å². The van der Waals surface area contributed by atoms with Crippen LogP contribution >= 0.6 is 0 Å². The van der Waals surface area contributed by atoms with Crippen LogP contribution in [0.5, 0.6) is 5.75 Å². The molecule has 0 heterocycles. The van der Waals surface area contributed by atoms with Crippen molar-refractivity contribution in [1.82, 2.24) is 5.43 Å². The van der Waals surface area contributed by atoms with Gasteiger partial charge in [-0.15, -0.1) is 0 Å². The zero-order valence-electron chi connectivity index (χ0n) is 14.3. The molecule has 0 aliphatic rings. The first kappa shape index (κ1) is 18.7. The molecule has 3 amide bonds. The third-order valence-electron chi connectivity index (χ3n) is 3.16. The number of nitrogens with one attached hydrogen (secondary N) is 3. The molecule has 0 aromatic heterocycles. The smallest absolute Gasteiger partial charge is 0.329 e. The fourth-order valence-electron chi connectivity index (χ4n) is 1.93. The molecule has 0 unspecified atom stereocenters. The predicted octanol–water partition coefficient (Wildman–Crippen LogP) is 1.74. The number of rotatable bonds is 5. The fraction of sp³-hybridized carbons (Fsp3) is 0.111. The molecular formula is C18H18N4O4. The Morgan fingerprint density at radius 2 is 1.46 bits per heavy atom. The van der Waals surface area contributed by atoms with Gasteiger partial charge in [0.1, 0.15) is 5.75 Å². The standard InChI is InChI=1S/C18H18N4O4/c1-12(23)20-14-5-3-13(4-6-14)11-19-22-18(25)17(24)21-15-7-9-16(26-2)10-8-15/h3-11H,1-2H3,(H,20,23)(H,21,24)(H,22,25). The van der Waals surface area contributed by atoms with E-state index in [2.05, 4.69) is 21.2 Å². The van der Waals surface area contributed by atoms with E-state index >= 15 is 0 Å². The third kappa shape index (κ3) is 5.75. The minimum Gasteiger partial charge on any atom is -0.497 e. The van der Waals surface area contributed by atoms with Crippen LogP contribution in [0, 0.1) is 0 Å². The van der Waals surface area contributed by atoms with Gasteiger partial charge in [0.05, 0.1) is 13.3 Å². The van der Waals surface area contributed by atoms with E-state index in [9.17, 15) is 14.4 Å². The highest BCUT2D eigenvalue weighted by molar-refractivity contribution is 6.39. The van der Waals surface area contributed by atoms with Crippen LogP contribution in [-0.2, 0) is 14.4 Å². The fourth-order valence-corrected chi connectivity index (χ4v) is 1.93. The minimum atomic E-state index is -0.896. The predicted molar refractivity (Wildman–Crippen MR) is 98.1 cm³/mol. The summed E-state index contributed by atoms with van der Waals surface area (Å²) in [7, 11) is 1.53. The molecule has 0 saturated carbocycles. The molecule has 2 aromatic carbocycles. The molecule has 26 heavy (non-hydrogen) atoms. The minimum absolute atomic E-state index is 0.165. The van der Waals surface area contributed by atoms with E-state index < -0.39 is 11.8 Å². The van der Waals surface area contributed by atoms with Gasteiger partial charge >= 0.3 is 11.8 Å². The number of hydrogen-bond acceptors (Lipinski definition) is 5. The summed E-state index contributed by atoms with van der Waals surface area (Å²) in [6.07, 6.45) is 1.39. The number of nitrogens with zero attached hydrogens (tertiary/aromatic N) is 1. The average molecular weight is 354 g/mol. The molecule has 0 radical (unpaired) electrons. The second kappa shape index (κ2) is 8.97. The van der Waals surface area contributed by atoms with Crippen molar-refractivity contribution in [2.24, 2.45) is 5.10 Å². The van der Waals surface area contributed by atoms with Crippen molar-refractivity contribution >= 4 is 35.3 Å². The summed E-state index contributed by atoms with van der Waals surface area (Å²) in [5.41, 5.74) is 3.95. The first-order chi connectivity index (χ1) is 12.5. The number of ether oxygens (including phenoxy) is 1. The lowest BCUT2D eigenvalue weighted by atomic mass is 10.2. The summed E-state index contributed by atoms with van der Waals surface area (Å²) in [5.74, 6) is -1.26. The quantitative estimate of drug-likeness (QED) is 0.432. The highest BCUT2D eigenvalue weighted by Crippen LogP contribution is 2.14. The molecule has 0 spiro atoms. The molecule has 0 fully saturated rings. The summed E-state index contributed by atoms with van der Waals surface area (Å²) in [5, 5.41) is 8.81. The first-order valence-electron chi connectivity index (χ1n) is 7.64. The van der Waals surface area contributed by atoms with Crippen LogP contribution in [-0.4, -0.2) is 31.0 Å². The molecular weight excluding hydrogens is 336 g/mol. The van der Waals surface area contributed by atoms with Gasteiger partial charge in [0.15, 0.2) is 0 Å². The summed E-state index contributed by atoms with van der Waals surface area (Å²) in [6.45, 7) is 1.42. The molecule has 2 aromatic rings. The van der Waals surface area contributed by atoms with Gasteiger partial charge in [-0.25, -0.2) is 5.43 Å². The van der Waals surface area contributed by atoms with E-state index in [1.807, 2.05) is 0 Å². The summed E-state index contributed by atoms with van der Waals surface area (Å²) >= 11 is 0. The van der Waals surface area contributed by atoms with Gasteiger partial charge in [-0.1, -0.05) is 12.1 Å². The SMILES string of the molecule is COc1ccc(NC(=O)C(=O)NN=Cc2ccc(NC(C)=O)cc2)cc1. The first-order valence-corrected chi connectivity index (χ1v) is 7.64. The second-order valence-electron chi connectivity index (χ2n) is 5.18. The Kier molecular flexibility index (Phi) is 6.44. The van der Waals surface area contributed by atoms with Gasteiger partial charge in [0, 0.05) is 18.3 Å². The van der Waals surface area contributed by atoms with Gasteiger partial charge in [-0.3, -0.25) is 14.4 Å². The Balaban J connectivity index is 1.85. The number of carbonyl (C=O) groups is 3. The van der Waals surface area contributed by atoms with E-state index in [0.29, 0.717) is 22.7 Å². The molecule has 0 aliphatic heterocycles. The number of hydrazone groups is 1. The van der Waals surface area contributed by atoms with Crippen molar-refractivity contribution in [3.63, 3.8) is 0 Å². The van der Waals surface area contributed by atoms with Crippen molar-refractivity contribution in [3.8, 4) is 5.75 Å². The van der Waals surface area contributed by atoms with E-state index in [1.54, 1.807) is 48.5 Å². The molecule has 134 valence electrons. The summed E-state index contributed by atoms with van der Waals surface area (Å²) in [4.78, 5) is 34.5. The van der Waals surface area contributed by atoms with Gasteiger partial charge in [-0.2, -0.15) is 5.10 Å². The Morgan fingerprint density at radius 3 is 2.04 bits per heavy atom. The molecule has 0 aliphatic carbocycles. The van der Waals surface area contributed by atoms with Crippen LogP contribution in [0.2, 0.25) is 0 Å². The monoisotopic (exact) mass is 354 g/mol. The maximum Gasteiger partial charge on any atom is 0.329 e. The third-order valence-corrected chi connectivity index (χ3v) is 3.16. The van der Waals surface area contributed by atoms with Crippen LogP contribution in [0.3, 0.4) is 0 Å². The van der Waals surface area contributed by atoms with Crippen molar-refractivity contribution in [3.05, 3.63) is 54.1 Å². The lowest BCUT2D eigenvalue weighted by molar-refractivity contribution is -0.136. The van der Waals surface area contributed by atoms with Crippen molar-refractivity contribution in [1.29, 1.82) is 0 Å². The molecule has 2 rings (SSSR count). The molecule has 8 heteroatoms. The molecule has 3 N–H and O–H groups in total. The summed E-state index contributed by atoms with van der Waals surface area (Å²) < 4.78 is 5.01. The van der Waals surface area contributed by atoms with Crippen LogP contribution < -0.4 is 20.8 Å².